The van der Waals surface area contributed by atoms with Gasteiger partial charge in [0.1, 0.15) is 5.69 Å². The zero-order chi connectivity index (χ0) is 7.56. The van der Waals surface area contributed by atoms with Gasteiger partial charge in [0, 0.05) is 11.1 Å². The van der Waals surface area contributed by atoms with Crippen molar-refractivity contribution in [2.24, 2.45) is 0 Å². The molecule has 4 heteroatoms. The third-order valence-electron chi connectivity index (χ3n) is 1.14. The van der Waals surface area contributed by atoms with Crippen molar-refractivity contribution in [2.75, 3.05) is 6.26 Å². The van der Waals surface area contributed by atoms with Gasteiger partial charge in [0.25, 0.3) is 0 Å². The van der Waals surface area contributed by atoms with Crippen LogP contribution < -0.4 is 0 Å². The van der Waals surface area contributed by atoms with Gasteiger partial charge in [-0.2, -0.15) is 0 Å². The smallest absolute Gasteiger partial charge is 0.353 e. The van der Waals surface area contributed by atoms with Crippen molar-refractivity contribution < 1.29 is 9.90 Å². The highest BCUT2D eigenvalue weighted by atomic mass is 32.2. The molecule has 1 aromatic heterocycles. The molecular formula is C6H7NO2S. The maximum atomic E-state index is 10.4. The Labute approximate surface area is 62.4 Å². The molecule has 3 nitrogen and oxygen atoms in total. The van der Waals surface area contributed by atoms with Crippen LogP contribution in [0.2, 0.25) is 0 Å². The molecule has 0 saturated heterocycles. The maximum absolute atomic E-state index is 10.4. The Bertz CT molecular complexity index is 244. The van der Waals surface area contributed by atoms with E-state index < -0.39 is 5.97 Å². The fourth-order valence-electron chi connectivity index (χ4n) is 0.692. The largest absolute Gasteiger partial charge is 0.477 e. The van der Waals surface area contributed by atoms with Crippen LogP contribution in [0.3, 0.4) is 0 Å². The van der Waals surface area contributed by atoms with E-state index in [1.54, 1.807) is 12.3 Å². The van der Waals surface area contributed by atoms with Crippen LogP contribution in [0.1, 0.15) is 10.5 Å². The number of hydrogen-bond acceptors (Lipinski definition) is 2. The lowest BCUT2D eigenvalue weighted by Crippen LogP contribution is -1.97. The number of aromatic amines is 1. The monoisotopic (exact) mass is 157 g/mol. The molecule has 1 aromatic rings. The molecule has 0 aliphatic rings. The standard InChI is InChI=1S/C6H7NO2S/c1-10-4-2-3-7-5(4)6(8)9/h2-3,7H,1H3,(H,8,9). The Hall–Kier alpha value is -0.900. The van der Waals surface area contributed by atoms with E-state index in [0.717, 1.165) is 4.90 Å². The normalized spacial score (nSPS) is 9.70. The van der Waals surface area contributed by atoms with E-state index >= 15 is 0 Å². The van der Waals surface area contributed by atoms with Crippen LogP contribution in [0, 0.1) is 0 Å². The minimum absolute atomic E-state index is 0.271. The van der Waals surface area contributed by atoms with E-state index in [2.05, 4.69) is 4.98 Å². The second-order valence-corrected chi connectivity index (χ2v) is 2.57. The summed E-state index contributed by atoms with van der Waals surface area (Å²) >= 11 is 1.42. The summed E-state index contributed by atoms with van der Waals surface area (Å²) in [6, 6.07) is 1.74. The highest BCUT2D eigenvalue weighted by Crippen LogP contribution is 2.18. The Morgan fingerprint density at radius 3 is 2.90 bits per heavy atom. The van der Waals surface area contributed by atoms with Gasteiger partial charge in [-0.05, 0) is 12.3 Å². The third kappa shape index (κ3) is 1.16. The van der Waals surface area contributed by atoms with E-state index in [9.17, 15) is 4.79 Å². The lowest BCUT2D eigenvalue weighted by Gasteiger charge is -1.91. The van der Waals surface area contributed by atoms with E-state index in [0.29, 0.717) is 0 Å². The summed E-state index contributed by atoms with van der Waals surface area (Å²) in [5.41, 5.74) is 0.271. The molecule has 1 heterocycles. The van der Waals surface area contributed by atoms with Crippen LogP contribution in [0.4, 0.5) is 0 Å². The highest BCUT2D eigenvalue weighted by Gasteiger charge is 2.08. The first-order valence-electron chi connectivity index (χ1n) is 2.70. The number of aromatic nitrogens is 1. The zero-order valence-corrected chi connectivity index (χ0v) is 6.23. The fourth-order valence-corrected chi connectivity index (χ4v) is 1.25. The molecule has 0 saturated carbocycles. The summed E-state index contributed by atoms with van der Waals surface area (Å²) < 4.78 is 0. The number of H-pyrrole nitrogens is 1. The Morgan fingerprint density at radius 2 is 2.50 bits per heavy atom. The molecule has 0 unspecified atom stereocenters. The molecule has 0 spiro atoms. The van der Waals surface area contributed by atoms with E-state index in [1.165, 1.54) is 11.8 Å². The van der Waals surface area contributed by atoms with Crippen molar-refractivity contribution in [1.82, 2.24) is 4.98 Å². The number of thioether (sulfide) groups is 1. The van der Waals surface area contributed by atoms with Gasteiger partial charge in [0.15, 0.2) is 0 Å². The predicted octanol–water partition coefficient (Wildman–Crippen LogP) is 1.43. The molecule has 0 aliphatic heterocycles. The lowest BCUT2D eigenvalue weighted by atomic mass is 10.4. The summed E-state index contributed by atoms with van der Waals surface area (Å²) in [6.07, 6.45) is 3.46. The van der Waals surface area contributed by atoms with Crippen LogP contribution in [0.25, 0.3) is 0 Å². The molecule has 0 aromatic carbocycles. The second kappa shape index (κ2) is 2.79. The molecular weight excluding hydrogens is 150 g/mol. The number of carboxylic acid groups (broad SMARTS) is 1. The van der Waals surface area contributed by atoms with Gasteiger partial charge in [0.2, 0.25) is 0 Å². The van der Waals surface area contributed by atoms with Gasteiger partial charge in [-0.1, -0.05) is 0 Å². The number of carbonyl (C=O) groups is 1. The van der Waals surface area contributed by atoms with Crippen molar-refractivity contribution in [3.05, 3.63) is 18.0 Å². The zero-order valence-electron chi connectivity index (χ0n) is 5.42. The number of nitrogens with one attached hydrogen (secondary N) is 1. The maximum Gasteiger partial charge on any atom is 0.353 e. The van der Waals surface area contributed by atoms with Gasteiger partial charge in [-0.3, -0.25) is 0 Å². The molecule has 54 valence electrons. The topological polar surface area (TPSA) is 53.1 Å². The van der Waals surface area contributed by atoms with Gasteiger partial charge in [0.05, 0.1) is 0 Å². The average Bonchev–Trinajstić information content (AvgIpc) is 2.33. The molecule has 1 rings (SSSR count). The molecule has 0 amide bonds. The number of carboxylic acids is 1. The van der Waals surface area contributed by atoms with E-state index in [4.69, 9.17) is 5.11 Å². The van der Waals surface area contributed by atoms with Gasteiger partial charge in [-0.15, -0.1) is 11.8 Å². The van der Waals surface area contributed by atoms with Crippen molar-refractivity contribution >= 4 is 17.7 Å². The Kier molecular flexibility index (Phi) is 2.01. The Morgan fingerprint density at radius 1 is 1.80 bits per heavy atom. The molecule has 0 radical (unpaired) electrons. The molecule has 2 N–H and O–H groups in total. The first-order chi connectivity index (χ1) is 4.75. The van der Waals surface area contributed by atoms with Crippen LogP contribution in [-0.2, 0) is 0 Å². The summed E-state index contributed by atoms with van der Waals surface area (Å²) in [4.78, 5) is 13.8. The predicted molar refractivity (Wildman–Crippen MR) is 39.5 cm³/mol. The lowest BCUT2D eigenvalue weighted by molar-refractivity contribution is 0.0687. The van der Waals surface area contributed by atoms with Crippen LogP contribution >= 0.6 is 11.8 Å². The number of rotatable bonds is 2. The first-order valence-corrected chi connectivity index (χ1v) is 3.93. The van der Waals surface area contributed by atoms with Gasteiger partial charge < -0.3 is 10.1 Å². The number of hydrogen-bond donors (Lipinski definition) is 2. The fraction of sp³-hybridized carbons (Fsp3) is 0.167. The summed E-state index contributed by atoms with van der Waals surface area (Å²) in [5, 5.41) is 8.54. The molecule has 0 bridgehead atoms. The molecule has 0 atom stereocenters. The quantitative estimate of drug-likeness (QED) is 0.638. The Balaban J connectivity index is 3.01. The van der Waals surface area contributed by atoms with Crippen molar-refractivity contribution in [3.8, 4) is 0 Å². The first kappa shape index (κ1) is 7.21. The summed E-state index contributed by atoms with van der Waals surface area (Å²) in [6.45, 7) is 0. The van der Waals surface area contributed by atoms with Crippen LogP contribution in [-0.4, -0.2) is 22.3 Å². The highest BCUT2D eigenvalue weighted by molar-refractivity contribution is 7.98. The van der Waals surface area contributed by atoms with Crippen LogP contribution in [0.5, 0.6) is 0 Å². The average molecular weight is 157 g/mol. The molecule has 0 fully saturated rings. The van der Waals surface area contributed by atoms with E-state index in [1.807, 2.05) is 6.26 Å². The van der Waals surface area contributed by atoms with Gasteiger partial charge >= 0.3 is 5.97 Å². The second-order valence-electron chi connectivity index (χ2n) is 1.73. The van der Waals surface area contributed by atoms with Crippen molar-refractivity contribution in [1.29, 1.82) is 0 Å². The van der Waals surface area contributed by atoms with Crippen molar-refractivity contribution in [3.63, 3.8) is 0 Å². The summed E-state index contributed by atoms with van der Waals surface area (Å²) in [5.74, 6) is -0.908. The number of aromatic carboxylic acids is 1. The molecule has 10 heavy (non-hydrogen) atoms. The van der Waals surface area contributed by atoms with E-state index in [-0.39, 0.29) is 5.69 Å². The minimum Gasteiger partial charge on any atom is -0.477 e. The molecule has 0 aliphatic carbocycles. The third-order valence-corrected chi connectivity index (χ3v) is 1.92. The minimum atomic E-state index is -0.908. The van der Waals surface area contributed by atoms with Crippen LogP contribution in [0.15, 0.2) is 17.2 Å². The SMILES string of the molecule is CSc1cc[nH]c1C(=O)O. The van der Waals surface area contributed by atoms with Crippen molar-refractivity contribution in [2.45, 2.75) is 4.90 Å². The summed E-state index contributed by atoms with van der Waals surface area (Å²) in [7, 11) is 0. The van der Waals surface area contributed by atoms with Gasteiger partial charge in [-0.25, -0.2) is 4.79 Å².